The molecule has 1 aliphatic heterocycles. The highest BCUT2D eigenvalue weighted by Gasteiger charge is 2.26. The van der Waals surface area contributed by atoms with Crippen LogP contribution in [0.4, 0.5) is 0 Å². The Morgan fingerprint density at radius 2 is 2.14 bits per heavy atom. The van der Waals surface area contributed by atoms with Crippen LogP contribution in [0.25, 0.3) is 0 Å². The molecule has 3 rings (SSSR count). The largest absolute Gasteiger partial charge is 0.341 e. The van der Waals surface area contributed by atoms with Crippen molar-refractivity contribution in [3.05, 3.63) is 47.6 Å². The number of rotatable bonds is 8. The second kappa shape index (κ2) is 9.60. The smallest absolute Gasteiger partial charge is 0.250 e. The van der Waals surface area contributed by atoms with Gasteiger partial charge in [0.15, 0.2) is 0 Å². The van der Waals surface area contributed by atoms with E-state index >= 15 is 0 Å². The number of thiophene rings is 1. The van der Waals surface area contributed by atoms with E-state index < -0.39 is 10.0 Å². The first-order valence-electron chi connectivity index (χ1n) is 9.32. The fourth-order valence-electron chi connectivity index (χ4n) is 3.36. The summed E-state index contributed by atoms with van der Waals surface area (Å²) in [7, 11) is -1.53. The van der Waals surface area contributed by atoms with Crippen LogP contribution in [-0.4, -0.2) is 62.3 Å². The molecule has 2 aromatic rings. The number of likely N-dealkylation sites (N-methyl/N-ethyl adjacent to an activating group) is 1. The molecule has 1 fully saturated rings. The van der Waals surface area contributed by atoms with E-state index in [4.69, 9.17) is 0 Å². The number of nitrogens with zero attached hydrogens (tertiary/aromatic N) is 3. The predicted octanol–water partition coefficient (Wildman–Crippen LogP) is 1.79. The van der Waals surface area contributed by atoms with Crippen molar-refractivity contribution < 1.29 is 13.2 Å². The van der Waals surface area contributed by atoms with E-state index in [9.17, 15) is 13.2 Å². The number of pyridine rings is 1. The molecule has 7 nitrogen and oxygen atoms in total. The molecular formula is C19H26N4O3S2. The van der Waals surface area contributed by atoms with Gasteiger partial charge in [0.2, 0.25) is 15.9 Å². The molecule has 3 heterocycles. The van der Waals surface area contributed by atoms with Gasteiger partial charge in [-0.3, -0.25) is 14.7 Å². The lowest BCUT2D eigenvalue weighted by molar-refractivity contribution is -0.134. The molecule has 1 unspecified atom stereocenters. The van der Waals surface area contributed by atoms with Crippen molar-refractivity contribution in [2.75, 3.05) is 33.2 Å². The first-order chi connectivity index (χ1) is 13.4. The second-order valence-electron chi connectivity index (χ2n) is 7.16. The van der Waals surface area contributed by atoms with Gasteiger partial charge in [-0.15, -0.1) is 11.3 Å². The average Bonchev–Trinajstić information content (AvgIpc) is 3.23. The summed E-state index contributed by atoms with van der Waals surface area (Å²) in [6, 6.07) is 7.21. The first-order valence-corrected chi connectivity index (χ1v) is 11.7. The van der Waals surface area contributed by atoms with Crippen molar-refractivity contribution in [2.45, 2.75) is 23.6 Å². The fourth-order valence-corrected chi connectivity index (χ4v) is 5.51. The van der Waals surface area contributed by atoms with Crippen LogP contribution in [0.1, 0.15) is 18.4 Å². The summed E-state index contributed by atoms with van der Waals surface area (Å²) in [6.45, 7) is 2.71. The van der Waals surface area contributed by atoms with Gasteiger partial charge < -0.3 is 4.90 Å². The van der Waals surface area contributed by atoms with Crippen LogP contribution in [0, 0.1) is 5.92 Å². The van der Waals surface area contributed by atoms with Gasteiger partial charge in [-0.2, -0.15) is 0 Å². The molecule has 0 saturated carbocycles. The van der Waals surface area contributed by atoms with Gasteiger partial charge >= 0.3 is 0 Å². The number of piperidine rings is 1. The SMILES string of the molecule is CN(CC(=O)N1CCCC(CNS(=O)(=O)c2cccs2)C1)Cc1ccncc1. The van der Waals surface area contributed by atoms with Crippen LogP contribution in [0.5, 0.6) is 0 Å². The molecular weight excluding hydrogens is 396 g/mol. The van der Waals surface area contributed by atoms with E-state index in [-0.39, 0.29) is 11.8 Å². The Morgan fingerprint density at radius 1 is 1.36 bits per heavy atom. The molecule has 0 bridgehead atoms. The fraction of sp³-hybridized carbons (Fsp3) is 0.474. The minimum absolute atomic E-state index is 0.0855. The van der Waals surface area contributed by atoms with Gasteiger partial charge in [-0.25, -0.2) is 13.1 Å². The van der Waals surface area contributed by atoms with E-state index in [0.717, 1.165) is 24.9 Å². The van der Waals surface area contributed by atoms with Gasteiger partial charge in [0, 0.05) is 38.6 Å². The van der Waals surface area contributed by atoms with Crippen molar-refractivity contribution in [1.29, 1.82) is 0 Å². The van der Waals surface area contributed by atoms with Crippen molar-refractivity contribution in [2.24, 2.45) is 5.92 Å². The third kappa shape index (κ3) is 5.84. The minimum Gasteiger partial charge on any atom is -0.341 e. The molecule has 1 amide bonds. The summed E-state index contributed by atoms with van der Waals surface area (Å²) in [5.74, 6) is 0.223. The highest BCUT2D eigenvalue weighted by molar-refractivity contribution is 7.91. The molecule has 0 aromatic carbocycles. The predicted molar refractivity (Wildman–Crippen MR) is 109 cm³/mol. The molecule has 0 aliphatic carbocycles. The number of carbonyl (C=O) groups excluding carboxylic acids is 1. The van der Waals surface area contributed by atoms with E-state index in [2.05, 4.69) is 9.71 Å². The lowest BCUT2D eigenvalue weighted by Crippen LogP contribution is -2.46. The summed E-state index contributed by atoms with van der Waals surface area (Å²) in [4.78, 5) is 20.5. The van der Waals surface area contributed by atoms with Crippen molar-refractivity contribution in [3.8, 4) is 0 Å². The number of sulfonamides is 1. The quantitative estimate of drug-likeness (QED) is 0.701. The van der Waals surface area contributed by atoms with Crippen LogP contribution in [-0.2, 0) is 21.4 Å². The van der Waals surface area contributed by atoms with Gasteiger partial charge in [-0.05, 0) is 54.9 Å². The van der Waals surface area contributed by atoms with E-state index in [1.165, 1.54) is 11.3 Å². The lowest BCUT2D eigenvalue weighted by atomic mass is 9.98. The highest BCUT2D eigenvalue weighted by atomic mass is 32.2. The molecule has 1 N–H and O–H groups in total. The maximum absolute atomic E-state index is 12.7. The molecule has 0 radical (unpaired) electrons. The monoisotopic (exact) mass is 422 g/mol. The number of hydrogen-bond donors (Lipinski definition) is 1. The van der Waals surface area contributed by atoms with Crippen LogP contribution >= 0.6 is 11.3 Å². The maximum Gasteiger partial charge on any atom is 0.250 e. The Hall–Kier alpha value is -1.81. The number of aromatic nitrogens is 1. The Balaban J connectivity index is 1.48. The van der Waals surface area contributed by atoms with E-state index in [0.29, 0.717) is 30.4 Å². The van der Waals surface area contributed by atoms with Gasteiger partial charge in [0.25, 0.3) is 0 Å². The standard InChI is InChI=1S/C19H26N4O3S2/c1-22(13-16-6-8-20-9-7-16)15-18(24)23-10-2-4-17(14-23)12-21-28(25,26)19-5-3-11-27-19/h3,5-9,11,17,21H,2,4,10,12-15H2,1H3. The van der Waals surface area contributed by atoms with Gasteiger partial charge in [0.05, 0.1) is 6.54 Å². The topological polar surface area (TPSA) is 82.6 Å². The van der Waals surface area contributed by atoms with E-state index in [1.54, 1.807) is 29.9 Å². The number of amides is 1. The lowest BCUT2D eigenvalue weighted by Gasteiger charge is -2.34. The summed E-state index contributed by atoms with van der Waals surface area (Å²) >= 11 is 1.20. The van der Waals surface area contributed by atoms with Crippen LogP contribution < -0.4 is 4.72 Å². The summed E-state index contributed by atoms with van der Waals surface area (Å²) in [5, 5.41) is 1.75. The zero-order valence-corrected chi connectivity index (χ0v) is 17.6. The maximum atomic E-state index is 12.7. The third-order valence-corrected chi connectivity index (χ3v) is 7.62. The van der Waals surface area contributed by atoms with E-state index in [1.807, 2.05) is 29.0 Å². The number of carbonyl (C=O) groups is 1. The number of likely N-dealkylation sites (tertiary alicyclic amines) is 1. The molecule has 1 saturated heterocycles. The van der Waals surface area contributed by atoms with Crippen LogP contribution in [0.15, 0.2) is 46.2 Å². The van der Waals surface area contributed by atoms with Crippen molar-refractivity contribution in [3.63, 3.8) is 0 Å². The normalized spacial score (nSPS) is 17.8. The summed E-state index contributed by atoms with van der Waals surface area (Å²) in [5.41, 5.74) is 1.12. The number of hydrogen-bond acceptors (Lipinski definition) is 6. The van der Waals surface area contributed by atoms with Crippen LogP contribution in [0.2, 0.25) is 0 Å². The Morgan fingerprint density at radius 3 is 2.86 bits per heavy atom. The molecule has 1 aliphatic rings. The molecule has 9 heteroatoms. The van der Waals surface area contributed by atoms with Crippen molar-refractivity contribution in [1.82, 2.24) is 19.5 Å². The van der Waals surface area contributed by atoms with Crippen LogP contribution in [0.3, 0.4) is 0 Å². The van der Waals surface area contributed by atoms with Gasteiger partial charge in [-0.1, -0.05) is 6.07 Å². The number of nitrogens with one attached hydrogen (secondary N) is 1. The second-order valence-corrected chi connectivity index (χ2v) is 10.1. The Bertz CT molecular complexity index is 857. The molecule has 1 atom stereocenters. The average molecular weight is 423 g/mol. The molecule has 2 aromatic heterocycles. The van der Waals surface area contributed by atoms with Gasteiger partial charge in [0.1, 0.15) is 4.21 Å². The highest BCUT2D eigenvalue weighted by Crippen LogP contribution is 2.19. The Kier molecular flexibility index (Phi) is 7.17. The minimum atomic E-state index is -3.46. The first kappa shape index (κ1) is 20.9. The summed E-state index contributed by atoms with van der Waals surface area (Å²) in [6.07, 6.45) is 5.31. The summed E-state index contributed by atoms with van der Waals surface area (Å²) < 4.78 is 27.6. The van der Waals surface area contributed by atoms with Crippen molar-refractivity contribution >= 4 is 27.3 Å². The molecule has 0 spiro atoms. The Labute approximate surface area is 170 Å². The third-order valence-electron chi connectivity index (χ3n) is 4.80. The zero-order chi connectivity index (χ0) is 20.0. The molecule has 152 valence electrons. The molecule has 28 heavy (non-hydrogen) atoms. The zero-order valence-electron chi connectivity index (χ0n) is 16.0.